The van der Waals surface area contributed by atoms with Gasteiger partial charge in [0.25, 0.3) is 0 Å². The fraction of sp³-hybridized carbons (Fsp3) is 0.120. The van der Waals surface area contributed by atoms with Crippen LogP contribution in [0, 0.1) is 6.92 Å². The molecule has 0 amide bonds. The molecule has 0 saturated heterocycles. The summed E-state index contributed by atoms with van der Waals surface area (Å²) in [4.78, 5) is 25.5. The zero-order chi connectivity index (χ0) is 23.2. The maximum atomic E-state index is 14.9. The topological polar surface area (TPSA) is 88.8 Å². The van der Waals surface area contributed by atoms with E-state index in [-0.39, 0.29) is 5.70 Å². The van der Waals surface area contributed by atoms with Crippen LogP contribution in [-0.2, 0) is 0 Å². The van der Waals surface area contributed by atoms with Crippen molar-refractivity contribution >= 4 is 29.3 Å². The Bertz CT molecular complexity index is 1380. The van der Waals surface area contributed by atoms with Crippen LogP contribution in [-0.4, -0.2) is 38.2 Å². The first-order valence-electron chi connectivity index (χ1n) is 10.3. The third-order valence-electron chi connectivity index (χ3n) is 4.86. The molecule has 0 aliphatic heterocycles. The molecule has 33 heavy (non-hydrogen) atoms. The number of aryl methyl sites for hydroxylation is 1. The van der Waals surface area contributed by atoms with Crippen molar-refractivity contribution in [2.45, 2.75) is 13.8 Å². The fourth-order valence-corrected chi connectivity index (χ4v) is 3.25. The SMILES string of the molecule is C=N/C(=C(F)\C=C(/C)CNc1nccc(-c2cc3cccnc3cn2)n1)c1ccnc(C)c1. The monoisotopic (exact) mass is 439 g/mol. The maximum absolute atomic E-state index is 14.9. The van der Waals surface area contributed by atoms with Crippen molar-refractivity contribution in [1.29, 1.82) is 0 Å². The van der Waals surface area contributed by atoms with Gasteiger partial charge in [-0.05, 0) is 57.0 Å². The highest BCUT2D eigenvalue weighted by Gasteiger charge is 2.08. The van der Waals surface area contributed by atoms with E-state index in [2.05, 4.69) is 41.9 Å². The number of rotatable bonds is 7. The van der Waals surface area contributed by atoms with Crippen LogP contribution < -0.4 is 5.32 Å². The number of fused-ring (bicyclic) bond motifs is 1. The van der Waals surface area contributed by atoms with Crippen molar-refractivity contribution < 1.29 is 4.39 Å². The molecule has 8 heteroatoms. The Morgan fingerprint density at radius 2 is 1.91 bits per heavy atom. The molecule has 0 unspecified atom stereocenters. The van der Waals surface area contributed by atoms with Crippen LogP contribution in [0.5, 0.6) is 0 Å². The van der Waals surface area contributed by atoms with Crippen LogP contribution >= 0.6 is 0 Å². The summed E-state index contributed by atoms with van der Waals surface area (Å²) in [6.07, 6.45) is 8.15. The Morgan fingerprint density at radius 3 is 2.73 bits per heavy atom. The Kier molecular flexibility index (Phi) is 6.54. The van der Waals surface area contributed by atoms with Gasteiger partial charge >= 0.3 is 0 Å². The quantitative estimate of drug-likeness (QED) is 0.315. The first-order chi connectivity index (χ1) is 16.0. The molecule has 0 bridgehead atoms. The predicted molar refractivity (Wildman–Crippen MR) is 129 cm³/mol. The Labute approximate surface area is 190 Å². The minimum Gasteiger partial charge on any atom is -0.350 e. The summed E-state index contributed by atoms with van der Waals surface area (Å²) < 4.78 is 14.9. The summed E-state index contributed by atoms with van der Waals surface area (Å²) in [5, 5.41) is 4.11. The summed E-state index contributed by atoms with van der Waals surface area (Å²) in [7, 11) is 0. The lowest BCUT2D eigenvalue weighted by Crippen LogP contribution is -2.07. The van der Waals surface area contributed by atoms with E-state index in [0.29, 0.717) is 23.8 Å². The summed E-state index contributed by atoms with van der Waals surface area (Å²) >= 11 is 0. The minimum atomic E-state index is -0.474. The smallest absolute Gasteiger partial charge is 0.223 e. The van der Waals surface area contributed by atoms with Crippen molar-refractivity contribution in [3.8, 4) is 11.4 Å². The molecular weight excluding hydrogens is 417 g/mol. The van der Waals surface area contributed by atoms with Crippen LogP contribution in [0.1, 0.15) is 18.2 Å². The molecular formula is C25H22FN7. The average molecular weight is 439 g/mol. The molecule has 0 aliphatic rings. The van der Waals surface area contributed by atoms with Gasteiger partial charge in [-0.3, -0.25) is 19.9 Å². The Hall–Kier alpha value is -4.33. The van der Waals surface area contributed by atoms with E-state index in [1.54, 1.807) is 43.0 Å². The standard InChI is InChI=1S/C25H22FN7/c1-16(11-20(26)24(27-3)19-6-9-28-17(2)12-19)14-32-25-30-10-7-21(33-25)22-13-18-5-4-8-29-23(18)15-31-22/h4-13,15H,3,14H2,1-2H3,(H,30,32,33)/b16-11+,24-20+. The fourth-order valence-electron chi connectivity index (χ4n) is 3.25. The molecule has 0 radical (unpaired) electrons. The first kappa shape index (κ1) is 21.9. The second kappa shape index (κ2) is 9.86. The van der Waals surface area contributed by atoms with E-state index < -0.39 is 5.83 Å². The number of allylic oxidation sites excluding steroid dienone is 2. The molecule has 7 nitrogen and oxygen atoms in total. The molecule has 0 atom stereocenters. The van der Waals surface area contributed by atoms with Gasteiger partial charge in [0, 0.05) is 41.8 Å². The molecule has 4 rings (SSSR count). The van der Waals surface area contributed by atoms with Gasteiger partial charge in [0.05, 0.1) is 23.1 Å². The second-order valence-corrected chi connectivity index (χ2v) is 7.42. The van der Waals surface area contributed by atoms with Gasteiger partial charge in [0.2, 0.25) is 5.95 Å². The largest absolute Gasteiger partial charge is 0.350 e. The molecule has 4 aromatic rings. The van der Waals surface area contributed by atoms with Crippen LogP contribution in [0.2, 0.25) is 0 Å². The van der Waals surface area contributed by atoms with Gasteiger partial charge < -0.3 is 5.32 Å². The van der Waals surface area contributed by atoms with E-state index in [4.69, 9.17) is 0 Å². The lowest BCUT2D eigenvalue weighted by molar-refractivity contribution is 0.666. The molecule has 0 aliphatic carbocycles. The molecule has 4 aromatic heterocycles. The highest BCUT2D eigenvalue weighted by molar-refractivity contribution is 5.81. The van der Waals surface area contributed by atoms with Gasteiger partial charge in [0.1, 0.15) is 11.5 Å². The summed E-state index contributed by atoms with van der Waals surface area (Å²) in [5.41, 5.74) is 4.53. The number of pyridine rings is 3. The van der Waals surface area contributed by atoms with Crippen molar-refractivity contribution in [2.75, 3.05) is 11.9 Å². The van der Waals surface area contributed by atoms with Gasteiger partial charge in [-0.1, -0.05) is 11.6 Å². The maximum Gasteiger partial charge on any atom is 0.223 e. The molecule has 1 N–H and O–H groups in total. The molecule has 164 valence electrons. The van der Waals surface area contributed by atoms with Gasteiger partial charge in [-0.15, -0.1) is 0 Å². The van der Waals surface area contributed by atoms with E-state index in [1.807, 2.05) is 32.0 Å². The normalized spacial score (nSPS) is 12.4. The Balaban J connectivity index is 1.50. The van der Waals surface area contributed by atoms with Crippen LogP contribution in [0.15, 0.2) is 83.7 Å². The van der Waals surface area contributed by atoms with Gasteiger partial charge in [-0.25, -0.2) is 14.4 Å². The third kappa shape index (κ3) is 5.30. The molecule has 0 saturated carbocycles. The van der Waals surface area contributed by atoms with Crippen LogP contribution in [0.4, 0.5) is 10.3 Å². The zero-order valence-corrected chi connectivity index (χ0v) is 18.3. The van der Waals surface area contributed by atoms with E-state index in [0.717, 1.165) is 27.9 Å². The minimum absolute atomic E-state index is 0.176. The summed E-state index contributed by atoms with van der Waals surface area (Å²) in [5.74, 6) is -0.0527. The van der Waals surface area contributed by atoms with Crippen LogP contribution in [0.25, 0.3) is 28.0 Å². The van der Waals surface area contributed by atoms with Crippen LogP contribution in [0.3, 0.4) is 0 Å². The average Bonchev–Trinajstić information content (AvgIpc) is 2.83. The van der Waals surface area contributed by atoms with E-state index in [9.17, 15) is 4.39 Å². The number of anilines is 1. The third-order valence-corrected chi connectivity index (χ3v) is 4.86. The van der Waals surface area contributed by atoms with Crippen molar-refractivity contribution in [1.82, 2.24) is 24.9 Å². The lowest BCUT2D eigenvalue weighted by Gasteiger charge is -2.08. The predicted octanol–water partition coefficient (Wildman–Crippen LogP) is 5.19. The van der Waals surface area contributed by atoms with E-state index >= 15 is 0 Å². The van der Waals surface area contributed by atoms with Crippen molar-refractivity contribution in [3.05, 3.63) is 89.9 Å². The second-order valence-electron chi connectivity index (χ2n) is 7.42. The number of halogens is 1. The number of hydrogen-bond acceptors (Lipinski definition) is 7. The molecule has 0 spiro atoms. The van der Waals surface area contributed by atoms with Gasteiger partial charge in [0.15, 0.2) is 0 Å². The number of nitrogens with zero attached hydrogens (tertiary/aromatic N) is 6. The molecule has 0 aromatic carbocycles. The van der Waals surface area contributed by atoms with Crippen molar-refractivity contribution in [2.24, 2.45) is 4.99 Å². The number of aliphatic imine (C=N–C) groups is 1. The zero-order valence-electron chi connectivity index (χ0n) is 18.3. The number of hydrogen-bond donors (Lipinski definition) is 1. The number of aromatic nitrogens is 5. The summed E-state index contributed by atoms with van der Waals surface area (Å²) in [6.45, 7) is 7.51. The highest BCUT2D eigenvalue weighted by atomic mass is 19.1. The molecule has 0 fully saturated rings. The highest BCUT2D eigenvalue weighted by Crippen LogP contribution is 2.23. The molecule has 4 heterocycles. The van der Waals surface area contributed by atoms with Gasteiger partial charge in [-0.2, -0.15) is 0 Å². The first-order valence-corrected chi connectivity index (χ1v) is 10.3. The van der Waals surface area contributed by atoms with Crippen molar-refractivity contribution in [3.63, 3.8) is 0 Å². The number of nitrogens with one attached hydrogen (secondary N) is 1. The Morgan fingerprint density at radius 1 is 1.06 bits per heavy atom. The summed E-state index contributed by atoms with van der Waals surface area (Å²) in [6, 6.07) is 11.0. The lowest BCUT2D eigenvalue weighted by atomic mass is 10.1. The van der Waals surface area contributed by atoms with E-state index in [1.165, 1.54) is 6.08 Å².